The molecule has 1 fully saturated rings. The van der Waals surface area contributed by atoms with Crippen LogP contribution >= 0.6 is 0 Å². The van der Waals surface area contributed by atoms with Crippen LogP contribution in [0.25, 0.3) is 5.69 Å². The van der Waals surface area contributed by atoms with E-state index >= 15 is 0 Å². The van der Waals surface area contributed by atoms with Crippen LogP contribution in [0.5, 0.6) is 0 Å². The molecule has 1 aromatic carbocycles. The van der Waals surface area contributed by atoms with Crippen molar-refractivity contribution in [3.05, 3.63) is 67.0 Å². The van der Waals surface area contributed by atoms with E-state index in [1.807, 2.05) is 34.0 Å². The molecule has 0 bridgehead atoms. The smallest absolute Gasteiger partial charge is 0.0991 e. The van der Waals surface area contributed by atoms with Crippen LogP contribution in [0.4, 0.5) is 0 Å². The molecule has 0 radical (unpaired) electrons. The molecule has 3 heterocycles. The molecule has 5 heteroatoms. The highest BCUT2D eigenvalue weighted by atomic mass is 15.3. The van der Waals surface area contributed by atoms with Crippen molar-refractivity contribution >= 4 is 0 Å². The van der Waals surface area contributed by atoms with Gasteiger partial charge in [0.25, 0.3) is 0 Å². The van der Waals surface area contributed by atoms with Gasteiger partial charge in [-0.1, -0.05) is 12.1 Å². The average Bonchev–Trinajstić information content (AvgIpc) is 3.32. The molecule has 0 aliphatic carbocycles. The van der Waals surface area contributed by atoms with E-state index in [1.165, 1.54) is 24.9 Å². The van der Waals surface area contributed by atoms with Gasteiger partial charge in [-0.05, 0) is 43.1 Å². The van der Waals surface area contributed by atoms with E-state index in [9.17, 15) is 0 Å². The summed E-state index contributed by atoms with van der Waals surface area (Å²) < 4.78 is 4.07. The van der Waals surface area contributed by atoms with Crippen molar-refractivity contribution in [1.82, 2.24) is 24.2 Å². The minimum Gasteiger partial charge on any atom is -0.306 e. The summed E-state index contributed by atoms with van der Waals surface area (Å²) in [7, 11) is 0. The van der Waals surface area contributed by atoms with Gasteiger partial charge < -0.3 is 4.57 Å². The van der Waals surface area contributed by atoms with Gasteiger partial charge in [-0.25, -0.2) is 4.98 Å². The number of hydrogen-bond acceptors (Lipinski definition) is 3. The Hall–Kier alpha value is -2.40. The van der Waals surface area contributed by atoms with Crippen LogP contribution in [0.3, 0.4) is 0 Å². The second kappa shape index (κ2) is 6.38. The van der Waals surface area contributed by atoms with Gasteiger partial charge in [0.2, 0.25) is 0 Å². The molecule has 0 amide bonds. The maximum Gasteiger partial charge on any atom is 0.0991 e. The summed E-state index contributed by atoms with van der Waals surface area (Å²) in [5, 5.41) is 4.34. The monoisotopic (exact) mass is 307 g/mol. The molecule has 2 aromatic heterocycles. The lowest BCUT2D eigenvalue weighted by Crippen LogP contribution is -2.32. The highest BCUT2D eigenvalue weighted by Crippen LogP contribution is 2.22. The van der Waals surface area contributed by atoms with Gasteiger partial charge in [-0.2, -0.15) is 5.10 Å². The predicted molar refractivity (Wildman–Crippen MR) is 89.2 cm³/mol. The zero-order chi connectivity index (χ0) is 15.5. The van der Waals surface area contributed by atoms with E-state index in [-0.39, 0.29) is 0 Å². The molecule has 1 aliphatic heterocycles. The van der Waals surface area contributed by atoms with Crippen molar-refractivity contribution < 1.29 is 0 Å². The lowest BCUT2D eigenvalue weighted by Gasteiger charge is -2.24. The summed E-state index contributed by atoms with van der Waals surface area (Å²) in [5.41, 5.74) is 2.52. The van der Waals surface area contributed by atoms with Crippen molar-refractivity contribution in [1.29, 1.82) is 0 Å². The van der Waals surface area contributed by atoms with E-state index in [1.54, 1.807) is 6.20 Å². The molecule has 0 saturated carbocycles. The Labute approximate surface area is 136 Å². The second-order valence-electron chi connectivity index (χ2n) is 6.13. The lowest BCUT2D eigenvalue weighted by molar-refractivity contribution is 0.219. The molecule has 4 rings (SSSR count). The third-order valence-electron chi connectivity index (χ3n) is 4.58. The first kappa shape index (κ1) is 14.2. The molecule has 1 atom stereocenters. The normalized spacial score (nSPS) is 18.5. The molecule has 0 N–H and O–H groups in total. The van der Waals surface area contributed by atoms with Gasteiger partial charge in [0, 0.05) is 43.1 Å². The molecular formula is C18H21N5. The summed E-state index contributed by atoms with van der Waals surface area (Å²) >= 11 is 0. The van der Waals surface area contributed by atoms with Crippen LogP contribution in [0.15, 0.2) is 61.4 Å². The highest BCUT2D eigenvalue weighted by Gasteiger charge is 2.24. The van der Waals surface area contributed by atoms with Crippen LogP contribution in [-0.4, -0.2) is 36.8 Å². The van der Waals surface area contributed by atoms with Crippen molar-refractivity contribution in [3.63, 3.8) is 0 Å². The van der Waals surface area contributed by atoms with Crippen LogP contribution < -0.4 is 0 Å². The molecule has 118 valence electrons. The Balaban J connectivity index is 1.42. The fraction of sp³-hybridized carbons (Fsp3) is 0.333. The minimum atomic E-state index is 0.586. The zero-order valence-corrected chi connectivity index (χ0v) is 13.1. The molecule has 3 aromatic rings. The van der Waals surface area contributed by atoms with Crippen molar-refractivity contribution in [2.24, 2.45) is 0 Å². The molecule has 0 spiro atoms. The summed E-state index contributed by atoms with van der Waals surface area (Å²) in [5.74, 6) is 0. The van der Waals surface area contributed by atoms with Crippen molar-refractivity contribution in [2.45, 2.75) is 32.0 Å². The van der Waals surface area contributed by atoms with E-state index in [0.717, 1.165) is 18.8 Å². The minimum absolute atomic E-state index is 0.586. The Morgan fingerprint density at radius 2 is 2.00 bits per heavy atom. The van der Waals surface area contributed by atoms with Crippen LogP contribution in [0.2, 0.25) is 0 Å². The first-order valence-electron chi connectivity index (χ1n) is 8.17. The molecule has 23 heavy (non-hydrogen) atoms. The maximum absolute atomic E-state index is 4.34. The molecule has 1 aliphatic rings. The van der Waals surface area contributed by atoms with Crippen molar-refractivity contribution in [3.8, 4) is 5.69 Å². The number of hydrogen-bond donors (Lipinski definition) is 0. The Kier molecular flexibility index (Phi) is 3.94. The topological polar surface area (TPSA) is 38.9 Å². The Morgan fingerprint density at radius 3 is 2.74 bits per heavy atom. The summed E-state index contributed by atoms with van der Waals surface area (Å²) in [6, 6.07) is 11.3. The number of aromatic nitrogens is 4. The maximum atomic E-state index is 4.34. The Morgan fingerprint density at radius 1 is 1.09 bits per heavy atom. The van der Waals surface area contributed by atoms with Gasteiger partial charge in [0.1, 0.15) is 0 Å². The summed E-state index contributed by atoms with van der Waals surface area (Å²) in [6.07, 6.45) is 12.0. The summed E-state index contributed by atoms with van der Waals surface area (Å²) in [6.45, 7) is 3.17. The SMILES string of the molecule is c1cnn(CC2CCCN2Cc2ccc(-n3ccnc3)cc2)c1. The predicted octanol–water partition coefficient (Wildman–Crippen LogP) is 2.73. The fourth-order valence-corrected chi connectivity index (χ4v) is 3.35. The van der Waals surface area contributed by atoms with Gasteiger partial charge in [0.15, 0.2) is 0 Å². The number of likely N-dealkylation sites (tertiary alicyclic amines) is 1. The Bertz CT molecular complexity index is 715. The zero-order valence-electron chi connectivity index (χ0n) is 13.1. The van der Waals surface area contributed by atoms with Gasteiger partial charge >= 0.3 is 0 Å². The van der Waals surface area contributed by atoms with E-state index in [0.29, 0.717) is 6.04 Å². The molecule has 1 unspecified atom stereocenters. The molecule has 5 nitrogen and oxygen atoms in total. The average molecular weight is 307 g/mol. The summed E-state index contributed by atoms with van der Waals surface area (Å²) in [4.78, 5) is 6.67. The van der Waals surface area contributed by atoms with Gasteiger partial charge in [-0.15, -0.1) is 0 Å². The van der Waals surface area contributed by atoms with Crippen LogP contribution in [0, 0.1) is 0 Å². The highest BCUT2D eigenvalue weighted by molar-refractivity contribution is 5.34. The van der Waals surface area contributed by atoms with E-state index in [2.05, 4.69) is 45.4 Å². The van der Waals surface area contributed by atoms with Crippen LogP contribution in [0.1, 0.15) is 18.4 Å². The number of nitrogens with zero attached hydrogens (tertiary/aromatic N) is 5. The quantitative estimate of drug-likeness (QED) is 0.727. The third-order valence-corrected chi connectivity index (χ3v) is 4.58. The fourth-order valence-electron chi connectivity index (χ4n) is 3.35. The van der Waals surface area contributed by atoms with Crippen molar-refractivity contribution in [2.75, 3.05) is 6.54 Å². The second-order valence-corrected chi connectivity index (χ2v) is 6.13. The third kappa shape index (κ3) is 3.19. The molecule has 1 saturated heterocycles. The number of imidazole rings is 1. The lowest BCUT2D eigenvalue weighted by atomic mass is 10.1. The largest absolute Gasteiger partial charge is 0.306 e. The number of rotatable bonds is 5. The van der Waals surface area contributed by atoms with E-state index < -0.39 is 0 Å². The van der Waals surface area contributed by atoms with Gasteiger partial charge in [0.05, 0.1) is 12.9 Å². The standard InChI is InChI=1S/C18H21N5/c1-3-18(14-23-11-2-8-20-23)21(10-1)13-16-4-6-17(7-5-16)22-12-9-19-15-22/h2,4-9,11-12,15,18H,1,3,10,13-14H2. The molecular weight excluding hydrogens is 286 g/mol. The first-order valence-corrected chi connectivity index (χ1v) is 8.17. The van der Waals surface area contributed by atoms with Gasteiger partial charge in [-0.3, -0.25) is 9.58 Å². The van der Waals surface area contributed by atoms with E-state index in [4.69, 9.17) is 0 Å². The van der Waals surface area contributed by atoms with Crippen LogP contribution in [-0.2, 0) is 13.1 Å². The first-order chi connectivity index (χ1) is 11.4. The number of benzene rings is 1.